The number of hydrogen-bond donors (Lipinski definition) is 0. The van der Waals surface area contributed by atoms with Gasteiger partial charge in [0.2, 0.25) is 0 Å². The maximum atomic E-state index is 2.36. The normalized spacial score (nSPS) is 10.0. The minimum atomic E-state index is 1.23. The van der Waals surface area contributed by atoms with Gasteiger partial charge in [-0.15, -0.1) is 0 Å². The first-order chi connectivity index (χ1) is 4.41. The van der Waals surface area contributed by atoms with Crippen LogP contribution >= 0.6 is 0 Å². The summed E-state index contributed by atoms with van der Waals surface area (Å²) in [5.41, 5.74) is 0. The van der Waals surface area contributed by atoms with Crippen molar-refractivity contribution in [1.82, 2.24) is 0 Å². The van der Waals surface area contributed by atoms with Gasteiger partial charge in [-0.3, -0.25) is 0 Å². The monoisotopic (exact) mass is 126 g/mol. The van der Waals surface area contributed by atoms with Crippen molar-refractivity contribution in [2.75, 3.05) is 0 Å². The van der Waals surface area contributed by atoms with E-state index in [2.05, 4.69) is 26.7 Å². The summed E-state index contributed by atoms with van der Waals surface area (Å²) in [6.45, 7) is 4.33. The van der Waals surface area contributed by atoms with Crippen molar-refractivity contribution < 1.29 is 0 Å². The molecule has 0 saturated heterocycles. The fourth-order valence-electron chi connectivity index (χ4n) is 0.841. The van der Waals surface area contributed by atoms with Crippen LogP contribution in [-0.2, 0) is 0 Å². The maximum absolute atomic E-state index is 2.36. The van der Waals surface area contributed by atoms with Crippen LogP contribution in [0.25, 0.3) is 0 Å². The van der Waals surface area contributed by atoms with E-state index in [1.165, 1.54) is 32.1 Å². The third-order valence-electron chi connectivity index (χ3n) is 1.44. The summed E-state index contributed by atoms with van der Waals surface area (Å²) in [6.07, 6.45) is 11.2. The Labute approximate surface area is 59.7 Å². The number of hydrogen-bond acceptors (Lipinski definition) is 0. The molecule has 54 valence electrons. The Balaban J connectivity index is 2.60. The molecule has 0 unspecified atom stereocenters. The third-order valence-corrected chi connectivity index (χ3v) is 1.44. The molecule has 9 heavy (non-hydrogen) atoms. The summed E-state index contributed by atoms with van der Waals surface area (Å²) < 4.78 is 0. The Hall–Kier alpha value is 0. The van der Waals surface area contributed by atoms with Crippen molar-refractivity contribution in [3.8, 4) is 0 Å². The predicted molar refractivity (Wildman–Crippen MR) is 43.0 cm³/mol. The van der Waals surface area contributed by atoms with Gasteiger partial charge < -0.3 is 0 Å². The highest BCUT2D eigenvalue weighted by molar-refractivity contribution is 4.62. The van der Waals surface area contributed by atoms with Crippen LogP contribution in [0, 0.1) is 12.8 Å². The zero-order chi connectivity index (χ0) is 6.95. The van der Waals surface area contributed by atoms with Gasteiger partial charge in [-0.2, -0.15) is 0 Å². The van der Waals surface area contributed by atoms with Crippen LogP contribution in [0.2, 0.25) is 0 Å². The molecular formula is C9H18. The number of unbranched alkanes of at least 4 members (excludes halogenated alkanes) is 6. The lowest BCUT2D eigenvalue weighted by atomic mass is 10.1. The van der Waals surface area contributed by atoms with E-state index in [4.69, 9.17) is 0 Å². The van der Waals surface area contributed by atoms with Crippen molar-refractivity contribution in [3.05, 3.63) is 12.8 Å². The fraction of sp³-hybridized carbons (Fsp3) is 0.778. The fourth-order valence-corrected chi connectivity index (χ4v) is 0.841. The Kier molecular flexibility index (Phi) is 8.00. The highest BCUT2D eigenvalue weighted by Crippen LogP contribution is 2.04. The van der Waals surface area contributed by atoms with E-state index < -0.39 is 0 Å². The Morgan fingerprint density at radius 1 is 1.11 bits per heavy atom. The lowest BCUT2D eigenvalue weighted by Gasteiger charge is -1.95. The summed E-state index contributed by atoms with van der Waals surface area (Å²) >= 11 is 0. The average Bonchev–Trinajstić information content (AvgIpc) is 1.89. The minimum Gasteiger partial charge on any atom is -0.0651 e. The average molecular weight is 126 g/mol. The van der Waals surface area contributed by atoms with Crippen LogP contribution in [0.1, 0.15) is 46.0 Å². The van der Waals surface area contributed by atoms with E-state index >= 15 is 0 Å². The van der Waals surface area contributed by atoms with E-state index in [-0.39, 0.29) is 0 Å². The van der Waals surface area contributed by atoms with Gasteiger partial charge in [0, 0.05) is 0 Å². The first-order valence-corrected chi connectivity index (χ1v) is 4.01. The Morgan fingerprint density at radius 2 is 1.78 bits per heavy atom. The summed E-state index contributed by atoms with van der Waals surface area (Å²) in [7, 11) is 0. The molecule has 0 saturated carbocycles. The van der Waals surface area contributed by atoms with E-state index in [1.807, 2.05) is 0 Å². The summed E-state index contributed by atoms with van der Waals surface area (Å²) in [5.74, 6) is 0. The van der Waals surface area contributed by atoms with Crippen LogP contribution < -0.4 is 0 Å². The molecule has 0 fully saturated rings. The smallest absolute Gasteiger partial charge is 0.0389 e. The molecule has 0 heterocycles. The lowest BCUT2D eigenvalue weighted by molar-refractivity contribution is 0.707. The maximum Gasteiger partial charge on any atom is -0.0389 e. The van der Waals surface area contributed by atoms with E-state index in [9.17, 15) is 0 Å². The minimum absolute atomic E-state index is 1.23. The van der Waals surface area contributed by atoms with Crippen molar-refractivity contribution >= 4 is 0 Å². The Morgan fingerprint density at radius 3 is 2.33 bits per heavy atom. The van der Waals surface area contributed by atoms with Gasteiger partial charge in [0.15, 0.2) is 0 Å². The SMILES string of the molecule is C[CH]CCCC[CH]CC. The molecular weight excluding hydrogens is 108 g/mol. The predicted octanol–water partition coefficient (Wildman–Crippen LogP) is 3.39. The van der Waals surface area contributed by atoms with E-state index in [0.717, 1.165) is 0 Å². The molecule has 0 aromatic heterocycles. The summed E-state index contributed by atoms with van der Waals surface area (Å²) in [4.78, 5) is 0. The molecule has 2 radical (unpaired) electrons. The number of rotatable bonds is 6. The molecule has 0 aromatic carbocycles. The molecule has 0 atom stereocenters. The van der Waals surface area contributed by atoms with Gasteiger partial charge in [-0.25, -0.2) is 0 Å². The van der Waals surface area contributed by atoms with E-state index in [0.29, 0.717) is 0 Å². The molecule has 0 rings (SSSR count). The van der Waals surface area contributed by atoms with Gasteiger partial charge in [-0.05, 0) is 12.8 Å². The van der Waals surface area contributed by atoms with Crippen LogP contribution in [0.3, 0.4) is 0 Å². The van der Waals surface area contributed by atoms with Crippen molar-refractivity contribution in [1.29, 1.82) is 0 Å². The molecule has 0 aliphatic rings. The van der Waals surface area contributed by atoms with Crippen molar-refractivity contribution in [2.45, 2.75) is 46.0 Å². The highest BCUT2D eigenvalue weighted by atomic mass is 13.9. The molecule has 0 aromatic rings. The second-order valence-electron chi connectivity index (χ2n) is 2.39. The molecule has 0 aliphatic heterocycles. The van der Waals surface area contributed by atoms with Crippen LogP contribution in [0.5, 0.6) is 0 Å². The molecule has 0 heteroatoms. The van der Waals surface area contributed by atoms with E-state index in [1.54, 1.807) is 0 Å². The second-order valence-corrected chi connectivity index (χ2v) is 2.39. The van der Waals surface area contributed by atoms with Crippen LogP contribution in [0.15, 0.2) is 0 Å². The topological polar surface area (TPSA) is 0 Å². The quantitative estimate of drug-likeness (QED) is 0.478. The third kappa shape index (κ3) is 8.00. The zero-order valence-corrected chi connectivity index (χ0v) is 6.69. The Bertz CT molecular complexity index is 33.3. The first-order valence-electron chi connectivity index (χ1n) is 4.01. The van der Waals surface area contributed by atoms with Gasteiger partial charge in [-0.1, -0.05) is 46.0 Å². The summed E-state index contributed by atoms with van der Waals surface area (Å²) in [5, 5.41) is 0. The molecule has 0 bridgehead atoms. The standard InChI is InChI=1S/C9H18/c1-3-5-7-9-8-6-4-2/h3,6H,4-5,7-9H2,1-2H3. The highest BCUT2D eigenvalue weighted by Gasteiger charge is 1.86. The molecule has 0 spiro atoms. The molecule has 0 N–H and O–H groups in total. The van der Waals surface area contributed by atoms with Gasteiger partial charge in [0.05, 0.1) is 0 Å². The first kappa shape index (κ1) is 9.00. The molecule has 0 nitrogen and oxygen atoms in total. The molecule has 0 amide bonds. The van der Waals surface area contributed by atoms with Gasteiger partial charge in [0.1, 0.15) is 0 Å². The zero-order valence-electron chi connectivity index (χ0n) is 6.69. The van der Waals surface area contributed by atoms with Gasteiger partial charge in [0.25, 0.3) is 0 Å². The van der Waals surface area contributed by atoms with Crippen molar-refractivity contribution in [2.24, 2.45) is 0 Å². The lowest BCUT2D eigenvalue weighted by Crippen LogP contribution is -1.77. The van der Waals surface area contributed by atoms with Crippen LogP contribution in [0.4, 0.5) is 0 Å². The van der Waals surface area contributed by atoms with Gasteiger partial charge >= 0.3 is 0 Å². The molecule has 0 aliphatic carbocycles. The second kappa shape index (κ2) is 8.00. The van der Waals surface area contributed by atoms with Crippen LogP contribution in [-0.4, -0.2) is 0 Å². The summed E-state index contributed by atoms with van der Waals surface area (Å²) in [6, 6.07) is 0. The van der Waals surface area contributed by atoms with Crippen molar-refractivity contribution in [3.63, 3.8) is 0 Å². The largest absolute Gasteiger partial charge is 0.0651 e.